The van der Waals surface area contributed by atoms with Gasteiger partial charge in [-0.15, -0.1) is 0 Å². The number of hydrogen-bond donors (Lipinski definition) is 1. The Morgan fingerprint density at radius 2 is 1.68 bits per heavy atom. The van der Waals surface area contributed by atoms with Gasteiger partial charge >= 0.3 is 6.18 Å². The molecule has 0 unspecified atom stereocenters. The normalized spacial score (nSPS) is 11.5. The number of rotatable bonds is 3. The number of halogens is 3. The molecule has 0 saturated carbocycles. The maximum atomic E-state index is 13.1. The van der Waals surface area contributed by atoms with E-state index in [4.69, 9.17) is 0 Å². The average molecular weight is 381 g/mol. The lowest BCUT2D eigenvalue weighted by atomic mass is 10.1. The van der Waals surface area contributed by atoms with E-state index < -0.39 is 17.3 Å². The molecule has 0 radical (unpaired) electrons. The number of nitrogens with zero attached hydrogens (tertiary/aromatic N) is 2. The molecule has 0 bridgehead atoms. The molecule has 2 aromatic carbocycles. The van der Waals surface area contributed by atoms with Crippen LogP contribution in [-0.2, 0) is 6.18 Å². The highest BCUT2D eigenvalue weighted by Gasteiger charge is 2.30. The summed E-state index contributed by atoms with van der Waals surface area (Å²) in [5, 5.41) is 3.78. The molecule has 0 aliphatic rings. The zero-order chi connectivity index (χ0) is 19.7. The number of aromatic nitrogens is 2. The molecule has 2 aromatic heterocycles. The largest absolute Gasteiger partial charge is 0.416 e. The van der Waals surface area contributed by atoms with Gasteiger partial charge in [-0.25, -0.2) is 4.98 Å². The van der Waals surface area contributed by atoms with E-state index in [1.165, 1.54) is 29.0 Å². The molecule has 0 amide bonds. The fourth-order valence-corrected chi connectivity index (χ4v) is 3.01. The van der Waals surface area contributed by atoms with Gasteiger partial charge in [0.25, 0.3) is 5.56 Å². The van der Waals surface area contributed by atoms with Crippen molar-refractivity contribution in [3.8, 4) is 5.69 Å². The number of fused-ring (bicyclic) bond motifs is 1. The molecule has 0 atom stereocenters. The first-order chi connectivity index (χ1) is 13.4. The number of pyridine rings is 2. The summed E-state index contributed by atoms with van der Waals surface area (Å²) in [6.45, 7) is 0. The molecule has 1 N–H and O–H groups in total. The van der Waals surface area contributed by atoms with Gasteiger partial charge in [0.1, 0.15) is 5.65 Å². The van der Waals surface area contributed by atoms with E-state index in [1.54, 1.807) is 12.1 Å². The summed E-state index contributed by atoms with van der Waals surface area (Å²) in [7, 11) is 0. The van der Waals surface area contributed by atoms with E-state index in [1.807, 2.05) is 30.3 Å². The topological polar surface area (TPSA) is 46.9 Å². The van der Waals surface area contributed by atoms with Gasteiger partial charge in [-0.05, 0) is 42.5 Å². The van der Waals surface area contributed by atoms with Gasteiger partial charge in [0.15, 0.2) is 0 Å². The number of hydrogen-bond acceptors (Lipinski definition) is 3. The van der Waals surface area contributed by atoms with Crippen LogP contribution in [0.4, 0.5) is 24.5 Å². The molecule has 7 heteroatoms. The first-order valence-corrected chi connectivity index (χ1v) is 8.44. The summed E-state index contributed by atoms with van der Waals surface area (Å²) in [4.78, 5) is 17.1. The van der Waals surface area contributed by atoms with Crippen LogP contribution in [0.15, 0.2) is 83.8 Å². The van der Waals surface area contributed by atoms with Crippen LogP contribution in [-0.4, -0.2) is 9.55 Å². The SMILES string of the molecule is O=c1cc(Nc2ccccc2)c2cccnc2n1-c1cccc(C(F)(F)F)c1. The number of para-hydroxylation sites is 1. The molecular formula is C21H14F3N3O. The van der Waals surface area contributed by atoms with Crippen LogP contribution < -0.4 is 10.9 Å². The molecule has 4 nitrogen and oxygen atoms in total. The van der Waals surface area contributed by atoms with Crippen molar-refractivity contribution < 1.29 is 13.2 Å². The molecule has 0 aliphatic carbocycles. The van der Waals surface area contributed by atoms with E-state index in [2.05, 4.69) is 10.3 Å². The van der Waals surface area contributed by atoms with Crippen molar-refractivity contribution in [1.82, 2.24) is 9.55 Å². The second kappa shape index (κ2) is 6.84. The molecule has 0 saturated heterocycles. The Labute approximate surface area is 157 Å². The maximum absolute atomic E-state index is 13.1. The van der Waals surface area contributed by atoms with Gasteiger partial charge in [0, 0.05) is 23.3 Å². The fourth-order valence-electron chi connectivity index (χ4n) is 3.01. The lowest BCUT2D eigenvalue weighted by molar-refractivity contribution is -0.137. The number of alkyl halides is 3. The lowest BCUT2D eigenvalue weighted by Gasteiger charge is -2.15. The van der Waals surface area contributed by atoms with Crippen LogP contribution in [0.25, 0.3) is 16.7 Å². The van der Waals surface area contributed by atoms with Gasteiger partial charge in [-0.2, -0.15) is 13.2 Å². The fraction of sp³-hybridized carbons (Fsp3) is 0.0476. The van der Waals surface area contributed by atoms with Crippen LogP contribution in [0.1, 0.15) is 5.56 Å². The summed E-state index contributed by atoms with van der Waals surface area (Å²) >= 11 is 0. The standard InChI is InChI=1S/C21H14F3N3O/c22-21(23,24)14-6-4-9-16(12-14)27-19(28)13-18(17-10-5-11-25-20(17)27)26-15-7-2-1-3-8-15/h1-13,26H. The van der Waals surface area contributed by atoms with E-state index in [-0.39, 0.29) is 11.3 Å². The quantitative estimate of drug-likeness (QED) is 0.534. The molecule has 0 fully saturated rings. The summed E-state index contributed by atoms with van der Waals surface area (Å²) < 4.78 is 40.5. The first kappa shape index (κ1) is 17.8. The smallest absolute Gasteiger partial charge is 0.355 e. The van der Waals surface area contributed by atoms with Crippen LogP contribution in [0.2, 0.25) is 0 Å². The zero-order valence-electron chi connectivity index (χ0n) is 14.4. The summed E-state index contributed by atoms with van der Waals surface area (Å²) in [5.74, 6) is 0. The van der Waals surface area contributed by atoms with E-state index in [0.29, 0.717) is 11.1 Å². The highest BCUT2D eigenvalue weighted by Crippen LogP contribution is 2.31. The minimum absolute atomic E-state index is 0.106. The van der Waals surface area contributed by atoms with Crippen LogP contribution >= 0.6 is 0 Å². The predicted octanol–water partition coefficient (Wildman–Crippen LogP) is 5.15. The minimum atomic E-state index is -4.50. The van der Waals surface area contributed by atoms with Crippen LogP contribution in [0.3, 0.4) is 0 Å². The van der Waals surface area contributed by atoms with Crippen molar-refractivity contribution in [2.45, 2.75) is 6.18 Å². The average Bonchev–Trinajstić information content (AvgIpc) is 2.68. The van der Waals surface area contributed by atoms with Crippen LogP contribution in [0.5, 0.6) is 0 Å². The van der Waals surface area contributed by atoms with Crippen LogP contribution in [0, 0.1) is 0 Å². The van der Waals surface area contributed by atoms with E-state index in [0.717, 1.165) is 17.8 Å². The Kier molecular flexibility index (Phi) is 4.35. The van der Waals surface area contributed by atoms with E-state index >= 15 is 0 Å². The van der Waals surface area contributed by atoms with Crippen molar-refractivity contribution in [3.63, 3.8) is 0 Å². The summed E-state index contributed by atoms with van der Waals surface area (Å²) in [5.41, 5.74) is 0.380. The summed E-state index contributed by atoms with van der Waals surface area (Å²) in [6, 6.07) is 18.7. The minimum Gasteiger partial charge on any atom is -0.355 e. The first-order valence-electron chi connectivity index (χ1n) is 8.44. The number of benzene rings is 2. The van der Waals surface area contributed by atoms with Gasteiger partial charge in [0.05, 0.1) is 16.9 Å². The van der Waals surface area contributed by atoms with Crippen molar-refractivity contribution in [2.75, 3.05) is 5.32 Å². The molecule has 0 spiro atoms. The third-order valence-corrected chi connectivity index (χ3v) is 4.26. The predicted molar refractivity (Wildman–Crippen MR) is 102 cm³/mol. The third kappa shape index (κ3) is 3.34. The third-order valence-electron chi connectivity index (χ3n) is 4.26. The van der Waals surface area contributed by atoms with Crippen molar-refractivity contribution >= 4 is 22.4 Å². The Hall–Kier alpha value is -3.61. The van der Waals surface area contributed by atoms with Gasteiger partial charge in [-0.1, -0.05) is 24.3 Å². The molecule has 140 valence electrons. The highest BCUT2D eigenvalue weighted by atomic mass is 19.4. The molecule has 4 aromatic rings. The Bertz CT molecular complexity index is 1200. The monoisotopic (exact) mass is 381 g/mol. The second-order valence-corrected chi connectivity index (χ2v) is 6.15. The second-order valence-electron chi connectivity index (χ2n) is 6.15. The zero-order valence-corrected chi connectivity index (χ0v) is 14.4. The van der Waals surface area contributed by atoms with Crippen molar-refractivity contribution in [1.29, 1.82) is 0 Å². The molecule has 4 rings (SSSR count). The Morgan fingerprint density at radius 3 is 2.43 bits per heavy atom. The number of nitrogens with one attached hydrogen (secondary N) is 1. The Morgan fingerprint density at radius 1 is 0.893 bits per heavy atom. The van der Waals surface area contributed by atoms with Gasteiger partial charge < -0.3 is 5.32 Å². The molecule has 0 aliphatic heterocycles. The maximum Gasteiger partial charge on any atom is 0.416 e. The summed E-state index contributed by atoms with van der Waals surface area (Å²) in [6.07, 6.45) is -3.00. The van der Waals surface area contributed by atoms with Gasteiger partial charge in [0.2, 0.25) is 0 Å². The molecule has 2 heterocycles. The van der Waals surface area contributed by atoms with Crippen molar-refractivity contribution in [3.05, 3.63) is 94.9 Å². The van der Waals surface area contributed by atoms with Gasteiger partial charge in [-0.3, -0.25) is 9.36 Å². The number of anilines is 2. The highest BCUT2D eigenvalue weighted by molar-refractivity contribution is 5.91. The Balaban J connectivity index is 1.91. The molecule has 28 heavy (non-hydrogen) atoms. The molecular weight excluding hydrogens is 367 g/mol. The van der Waals surface area contributed by atoms with Crippen molar-refractivity contribution in [2.24, 2.45) is 0 Å². The lowest BCUT2D eigenvalue weighted by Crippen LogP contribution is -2.20. The van der Waals surface area contributed by atoms with E-state index in [9.17, 15) is 18.0 Å².